The molecule has 18 heavy (non-hydrogen) atoms. The molecule has 0 radical (unpaired) electrons. The highest BCUT2D eigenvalue weighted by atomic mass is 19.1. The summed E-state index contributed by atoms with van der Waals surface area (Å²) in [6.45, 7) is 0. The van der Waals surface area contributed by atoms with Crippen LogP contribution in [0.5, 0.6) is 0 Å². The molecule has 0 spiro atoms. The number of carboxylic acid groups (broad SMARTS) is 1. The second-order valence-electron chi connectivity index (χ2n) is 3.85. The zero-order valence-corrected chi connectivity index (χ0v) is 9.62. The molecule has 1 atom stereocenters. The van der Waals surface area contributed by atoms with E-state index in [1.165, 1.54) is 23.0 Å². The van der Waals surface area contributed by atoms with Crippen molar-refractivity contribution in [2.24, 2.45) is 7.05 Å². The second-order valence-corrected chi connectivity index (χ2v) is 3.85. The van der Waals surface area contributed by atoms with Gasteiger partial charge in [-0.2, -0.15) is 4.80 Å². The molecule has 0 saturated carbocycles. The number of benzene rings is 1. The predicted molar refractivity (Wildman–Crippen MR) is 59.3 cm³/mol. The molecule has 0 aliphatic rings. The fourth-order valence-corrected chi connectivity index (χ4v) is 1.66. The first-order valence-electron chi connectivity index (χ1n) is 5.27. The third kappa shape index (κ3) is 2.68. The number of carbonyl (C=O) groups is 1. The summed E-state index contributed by atoms with van der Waals surface area (Å²) in [5.41, 5.74) is 0.384. The molecule has 7 heteroatoms. The Morgan fingerprint density at radius 2 is 2.33 bits per heavy atom. The molecule has 94 valence electrons. The molecule has 0 fully saturated rings. The minimum Gasteiger partial charge on any atom is -0.481 e. The molecule has 1 unspecified atom stereocenters. The lowest BCUT2D eigenvalue weighted by molar-refractivity contribution is -0.138. The summed E-state index contributed by atoms with van der Waals surface area (Å²) in [4.78, 5) is 12.5. The van der Waals surface area contributed by atoms with Crippen LogP contribution in [0.2, 0.25) is 0 Å². The first kappa shape index (κ1) is 12.2. The largest absolute Gasteiger partial charge is 0.481 e. The maximum absolute atomic E-state index is 13.1. The Balaban J connectivity index is 2.26. The summed E-state index contributed by atoms with van der Waals surface area (Å²) in [6, 6.07) is 5.51. The SMILES string of the molecule is Cn1nnc(CC(C(=O)O)c2cccc(F)c2)n1. The van der Waals surface area contributed by atoms with Crippen LogP contribution in [0.3, 0.4) is 0 Å². The number of carboxylic acids is 1. The lowest BCUT2D eigenvalue weighted by Gasteiger charge is -2.10. The van der Waals surface area contributed by atoms with Gasteiger partial charge >= 0.3 is 5.97 Å². The number of aliphatic carboxylic acids is 1. The van der Waals surface area contributed by atoms with E-state index in [4.69, 9.17) is 0 Å². The molecule has 1 heterocycles. The zero-order chi connectivity index (χ0) is 13.1. The summed E-state index contributed by atoms with van der Waals surface area (Å²) in [6.07, 6.45) is 0.0760. The van der Waals surface area contributed by atoms with Gasteiger partial charge in [0.1, 0.15) is 5.82 Å². The summed E-state index contributed by atoms with van der Waals surface area (Å²) < 4.78 is 13.1. The van der Waals surface area contributed by atoms with E-state index in [9.17, 15) is 14.3 Å². The topological polar surface area (TPSA) is 80.9 Å². The van der Waals surface area contributed by atoms with Gasteiger partial charge in [-0.05, 0) is 22.9 Å². The first-order valence-corrected chi connectivity index (χ1v) is 5.27. The molecule has 1 N–H and O–H groups in total. The maximum atomic E-state index is 13.1. The minimum atomic E-state index is -1.05. The molecule has 0 aliphatic carbocycles. The van der Waals surface area contributed by atoms with E-state index in [0.717, 1.165) is 0 Å². The molecule has 6 nitrogen and oxygen atoms in total. The van der Waals surface area contributed by atoms with Crippen molar-refractivity contribution in [2.75, 3.05) is 0 Å². The van der Waals surface area contributed by atoms with E-state index in [-0.39, 0.29) is 6.42 Å². The van der Waals surface area contributed by atoms with Gasteiger partial charge < -0.3 is 5.11 Å². The smallest absolute Gasteiger partial charge is 0.311 e. The lowest BCUT2D eigenvalue weighted by atomic mass is 9.95. The van der Waals surface area contributed by atoms with Crippen LogP contribution in [0.4, 0.5) is 4.39 Å². The van der Waals surface area contributed by atoms with Crippen molar-refractivity contribution in [1.29, 1.82) is 0 Å². The quantitative estimate of drug-likeness (QED) is 0.866. The Labute approximate surface area is 102 Å². The van der Waals surface area contributed by atoms with Crippen molar-refractivity contribution >= 4 is 5.97 Å². The lowest BCUT2D eigenvalue weighted by Crippen LogP contribution is -2.15. The van der Waals surface area contributed by atoms with Gasteiger partial charge in [-0.3, -0.25) is 4.79 Å². The van der Waals surface area contributed by atoms with Gasteiger partial charge in [0.05, 0.1) is 13.0 Å². The van der Waals surface area contributed by atoms with E-state index in [0.29, 0.717) is 11.4 Å². The number of aryl methyl sites for hydroxylation is 1. The molecular weight excluding hydrogens is 239 g/mol. The van der Waals surface area contributed by atoms with Gasteiger partial charge in [0, 0.05) is 6.42 Å². The van der Waals surface area contributed by atoms with Crippen LogP contribution in [0.1, 0.15) is 17.3 Å². The Morgan fingerprint density at radius 3 is 2.89 bits per heavy atom. The standard InChI is InChI=1S/C11H11FN4O2/c1-16-14-10(13-15-16)6-9(11(17)18)7-3-2-4-8(12)5-7/h2-5,9H,6H2,1H3,(H,17,18). The van der Waals surface area contributed by atoms with E-state index < -0.39 is 17.7 Å². The average molecular weight is 250 g/mol. The van der Waals surface area contributed by atoms with E-state index >= 15 is 0 Å². The van der Waals surface area contributed by atoms with Gasteiger partial charge in [0.25, 0.3) is 0 Å². The van der Waals surface area contributed by atoms with Crippen molar-refractivity contribution in [3.8, 4) is 0 Å². The van der Waals surface area contributed by atoms with Crippen LogP contribution in [-0.2, 0) is 18.3 Å². The number of rotatable bonds is 4. The van der Waals surface area contributed by atoms with Crippen molar-refractivity contribution in [3.05, 3.63) is 41.5 Å². The Bertz CT molecular complexity index is 570. The van der Waals surface area contributed by atoms with Gasteiger partial charge in [0.15, 0.2) is 5.82 Å². The molecule has 0 bridgehead atoms. The van der Waals surface area contributed by atoms with E-state index in [1.54, 1.807) is 13.1 Å². The highest BCUT2D eigenvalue weighted by molar-refractivity contribution is 5.76. The van der Waals surface area contributed by atoms with Crippen molar-refractivity contribution in [1.82, 2.24) is 20.2 Å². The van der Waals surface area contributed by atoms with Crippen molar-refractivity contribution in [3.63, 3.8) is 0 Å². The third-order valence-corrected chi connectivity index (χ3v) is 2.49. The molecule has 0 saturated heterocycles. The number of hydrogen-bond acceptors (Lipinski definition) is 4. The Kier molecular flexibility index (Phi) is 3.31. The highest BCUT2D eigenvalue weighted by Crippen LogP contribution is 2.20. The second kappa shape index (κ2) is 4.91. The van der Waals surface area contributed by atoms with Crippen molar-refractivity contribution < 1.29 is 14.3 Å². The summed E-state index contributed by atoms with van der Waals surface area (Å²) >= 11 is 0. The summed E-state index contributed by atoms with van der Waals surface area (Å²) in [7, 11) is 1.59. The minimum absolute atomic E-state index is 0.0760. The maximum Gasteiger partial charge on any atom is 0.311 e. The fraction of sp³-hybridized carbons (Fsp3) is 0.273. The number of halogens is 1. The van der Waals surface area contributed by atoms with E-state index in [1.807, 2.05) is 0 Å². The molecule has 1 aromatic heterocycles. The highest BCUT2D eigenvalue weighted by Gasteiger charge is 2.22. The van der Waals surface area contributed by atoms with Crippen LogP contribution < -0.4 is 0 Å². The third-order valence-electron chi connectivity index (χ3n) is 2.49. The van der Waals surface area contributed by atoms with Gasteiger partial charge in [0.2, 0.25) is 0 Å². The normalized spacial score (nSPS) is 12.3. The van der Waals surface area contributed by atoms with Crippen LogP contribution >= 0.6 is 0 Å². The number of aromatic nitrogens is 4. The van der Waals surface area contributed by atoms with Crippen LogP contribution in [0, 0.1) is 5.82 Å². The molecule has 2 rings (SSSR count). The van der Waals surface area contributed by atoms with E-state index in [2.05, 4.69) is 15.4 Å². The van der Waals surface area contributed by atoms with Gasteiger partial charge in [-0.15, -0.1) is 10.2 Å². The Morgan fingerprint density at radius 1 is 1.56 bits per heavy atom. The first-order chi connectivity index (χ1) is 8.56. The van der Waals surface area contributed by atoms with Crippen LogP contribution in [0.15, 0.2) is 24.3 Å². The fourth-order valence-electron chi connectivity index (χ4n) is 1.66. The molecule has 0 amide bonds. The Hall–Kier alpha value is -2.31. The molecular formula is C11H11FN4O2. The average Bonchev–Trinajstić information content (AvgIpc) is 2.71. The van der Waals surface area contributed by atoms with Crippen LogP contribution in [0.25, 0.3) is 0 Å². The van der Waals surface area contributed by atoms with Gasteiger partial charge in [-0.25, -0.2) is 4.39 Å². The van der Waals surface area contributed by atoms with Gasteiger partial charge in [-0.1, -0.05) is 12.1 Å². The molecule has 2 aromatic rings. The predicted octanol–water partition coefficient (Wildman–Crippen LogP) is 0.760. The number of nitrogens with zero attached hydrogens (tertiary/aromatic N) is 4. The zero-order valence-electron chi connectivity index (χ0n) is 9.62. The van der Waals surface area contributed by atoms with Crippen molar-refractivity contribution in [2.45, 2.75) is 12.3 Å². The van der Waals surface area contributed by atoms with Crippen LogP contribution in [-0.4, -0.2) is 31.3 Å². The molecule has 1 aromatic carbocycles. The monoisotopic (exact) mass is 250 g/mol. The number of tetrazole rings is 1. The summed E-state index contributed by atoms with van der Waals surface area (Å²) in [5.74, 6) is -2.09. The number of hydrogen-bond donors (Lipinski definition) is 1. The summed E-state index contributed by atoms with van der Waals surface area (Å²) in [5, 5.41) is 20.5. The molecule has 0 aliphatic heterocycles.